The van der Waals surface area contributed by atoms with E-state index in [2.05, 4.69) is 12.2 Å². The first kappa shape index (κ1) is 16.0. The van der Waals surface area contributed by atoms with Crippen molar-refractivity contribution in [3.63, 3.8) is 0 Å². The number of ether oxygens (including phenoxy) is 1. The minimum atomic E-state index is -0.219. The number of amides is 1. The van der Waals surface area contributed by atoms with E-state index in [0.29, 0.717) is 18.9 Å². The number of carbonyl (C=O) groups is 1. The van der Waals surface area contributed by atoms with E-state index in [1.165, 1.54) is 0 Å². The fourth-order valence-corrected chi connectivity index (χ4v) is 2.75. The fourth-order valence-electron chi connectivity index (χ4n) is 2.75. The molecule has 0 bridgehead atoms. The van der Waals surface area contributed by atoms with Gasteiger partial charge in [-0.15, -0.1) is 0 Å². The summed E-state index contributed by atoms with van der Waals surface area (Å²) in [5, 5.41) is 12.3. The maximum absolute atomic E-state index is 12.0. The van der Waals surface area contributed by atoms with Gasteiger partial charge in [-0.2, -0.15) is 0 Å². The van der Waals surface area contributed by atoms with E-state index in [1.807, 2.05) is 30.3 Å². The van der Waals surface area contributed by atoms with Crippen LogP contribution in [0.5, 0.6) is 0 Å². The summed E-state index contributed by atoms with van der Waals surface area (Å²) < 4.78 is 5.71. The maximum Gasteiger partial charge on any atom is 0.220 e. The summed E-state index contributed by atoms with van der Waals surface area (Å²) in [5.74, 6) is -0.00636. The molecule has 1 fully saturated rings. The van der Waals surface area contributed by atoms with E-state index in [1.54, 1.807) is 0 Å². The van der Waals surface area contributed by atoms with Crippen molar-refractivity contribution >= 4 is 5.91 Å². The summed E-state index contributed by atoms with van der Waals surface area (Å²) in [6.45, 7) is 2.03. The minimum absolute atomic E-state index is 0.00636. The van der Waals surface area contributed by atoms with Crippen LogP contribution in [0.25, 0.3) is 0 Å². The topological polar surface area (TPSA) is 58.6 Å². The van der Waals surface area contributed by atoms with Crippen molar-refractivity contribution in [1.29, 1.82) is 0 Å². The molecule has 1 aliphatic rings. The second-order valence-electron chi connectivity index (χ2n) is 5.82. The van der Waals surface area contributed by atoms with E-state index in [0.717, 1.165) is 24.8 Å². The number of hydrogen-bond donors (Lipinski definition) is 2. The van der Waals surface area contributed by atoms with Gasteiger partial charge in [-0.1, -0.05) is 30.3 Å². The van der Waals surface area contributed by atoms with E-state index in [4.69, 9.17) is 4.74 Å². The Morgan fingerprint density at radius 2 is 2.14 bits per heavy atom. The smallest absolute Gasteiger partial charge is 0.220 e. The lowest BCUT2D eigenvalue weighted by Crippen LogP contribution is -2.39. The van der Waals surface area contributed by atoms with Gasteiger partial charge in [0.05, 0.1) is 24.9 Å². The number of nitrogens with one attached hydrogen (secondary N) is 1. The molecule has 116 valence electrons. The Morgan fingerprint density at radius 3 is 2.76 bits per heavy atom. The third-order valence-electron chi connectivity index (χ3n) is 3.92. The minimum Gasteiger partial charge on any atom is -0.394 e. The Labute approximate surface area is 126 Å². The predicted octanol–water partition coefficient (Wildman–Crippen LogP) is 2.05. The molecule has 0 radical (unpaired) electrons. The van der Waals surface area contributed by atoms with Crippen LogP contribution in [-0.2, 0) is 16.0 Å². The molecule has 1 aromatic carbocycles. The molecule has 2 N–H and O–H groups in total. The highest BCUT2D eigenvalue weighted by Crippen LogP contribution is 2.22. The maximum atomic E-state index is 12.0. The normalized spacial score (nSPS) is 23.0. The second kappa shape index (κ2) is 8.15. The third-order valence-corrected chi connectivity index (χ3v) is 3.92. The van der Waals surface area contributed by atoms with Gasteiger partial charge in [-0.05, 0) is 38.2 Å². The van der Waals surface area contributed by atoms with Crippen LogP contribution in [0, 0.1) is 0 Å². The van der Waals surface area contributed by atoms with Crippen molar-refractivity contribution in [3.05, 3.63) is 35.9 Å². The average Bonchev–Trinajstić information content (AvgIpc) is 2.91. The molecule has 1 heterocycles. The van der Waals surface area contributed by atoms with Crippen LogP contribution < -0.4 is 5.32 Å². The monoisotopic (exact) mass is 291 g/mol. The number of carbonyl (C=O) groups excluding carboxylic acids is 1. The van der Waals surface area contributed by atoms with Gasteiger partial charge in [0.1, 0.15) is 0 Å². The van der Waals surface area contributed by atoms with E-state index < -0.39 is 0 Å². The van der Waals surface area contributed by atoms with Crippen molar-refractivity contribution in [2.24, 2.45) is 0 Å². The van der Waals surface area contributed by atoms with Crippen LogP contribution in [0.1, 0.15) is 38.2 Å². The molecule has 21 heavy (non-hydrogen) atoms. The van der Waals surface area contributed by atoms with E-state index in [9.17, 15) is 9.90 Å². The summed E-state index contributed by atoms with van der Waals surface area (Å²) in [7, 11) is 0. The zero-order chi connectivity index (χ0) is 15.1. The highest BCUT2D eigenvalue weighted by molar-refractivity contribution is 5.76. The number of hydrogen-bond acceptors (Lipinski definition) is 3. The molecule has 0 aromatic heterocycles. The largest absolute Gasteiger partial charge is 0.394 e. The molecule has 1 aromatic rings. The summed E-state index contributed by atoms with van der Waals surface area (Å²) in [5.41, 5.74) is 1.12. The van der Waals surface area contributed by atoms with Crippen molar-refractivity contribution in [1.82, 2.24) is 5.32 Å². The first-order valence-electron chi connectivity index (χ1n) is 7.77. The van der Waals surface area contributed by atoms with Gasteiger partial charge in [0.25, 0.3) is 0 Å². The van der Waals surface area contributed by atoms with Crippen molar-refractivity contribution in [2.45, 2.75) is 57.3 Å². The molecule has 0 spiro atoms. The van der Waals surface area contributed by atoms with Gasteiger partial charge < -0.3 is 15.2 Å². The van der Waals surface area contributed by atoms with Crippen molar-refractivity contribution in [3.8, 4) is 0 Å². The lowest BCUT2D eigenvalue weighted by molar-refractivity contribution is -0.122. The molecular weight excluding hydrogens is 266 g/mol. The van der Waals surface area contributed by atoms with Crippen LogP contribution >= 0.6 is 0 Å². The molecule has 0 saturated carbocycles. The molecule has 3 atom stereocenters. The molecule has 1 saturated heterocycles. The van der Waals surface area contributed by atoms with Gasteiger partial charge in [0.15, 0.2) is 0 Å². The number of aliphatic hydroxyl groups is 1. The first-order chi connectivity index (χ1) is 10.2. The summed E-state index contributed by atoms with van der Waals surface area (Å²) in [6.07, 6.45) is 4.54. The van der Waals surface area contributed by atoms with Gasteiger partial charge in [-0.25, -0.2) is 0 Å². The van der Waals surface area contributed by atoms with Gasteiger partial charge in [0.2, 0.25) is 5.91 Å². The number of aliphatic hydroxyl groups excluding tert-OH is 1. The summed E-state index contributed by atoms with van der Waals surface area (Å²) in [6, 6.07) is 9.67. The summed E-state index contributed by atoms with van der Waals surface area (Å²) in [4.78, 5) is 12.0. The number of rotatable bonds is 7. The lowest BCUT2D eigenvalue weighted by Gasteiger charge is -2.17. The van der Waals surface area contributed by atoms with Crippen LogP contribution in [0.2, 0.25) is 0 Å². The molecule has 0 aliphatic carbocycles. The van der Waals surface area contributed by atoms with Crippen LogP contribution in [0.3, 0.4) is 0 Å². The van der Waals surface area contributed by atoms with Gasteiger partial charge in [0, 0.05) is 6.42 Å². The zero-order valence-electron chi connectivity index (χ0n) is 12.6. The zero-order valence-corrected chi connectivity index (χ0v) is 12.6. The van der Waals surface area contributed by atoms with Crippen LogP contribution in [0.4, 0.5) is 0 Å². The van der Waals surface area contributed by atoms with Gasteiger partial charge in [-0.3, -0.25) is 4.79 Å². The molecule has 2 rings (SSSR count). The average molecular weight is 291 g/mol. The molecule has 1 amide bonds. The highest BCUT2D eigenvalue weighted by Gasteiger charge is 2.22. The SMILES string of the molecule is CC1CCC(CCC(=O)NC(CO)Cc2ccccc2)O1. The molecule has 1 aliphatic heterocycles. The Morgan fingerprint density at radius 1 is 1.38 bits per heavy atom. The fraction of sp³-hybridized carbons (Fsp3) is 0.588. The van der Waals surface area contributed by atoms with E-state index in [-0.39, 0.29) is 24.7 Å². The van der Waals surface area contributed by atoms with Gasteiger partial charge >= 0.3 is 0 Å². The van der Waals surface area contributed by atoms with Crippen molar-refractivity contribution in [2.75, 3.05) is 6.61 Å². The van der Waals surface area contributed by atoms with Crippen LogP contribution in [-0.4, -0.2) is 35.9 Å². The summed E-state index contributed by atoms with van der Waals surface area (Å²) >= 11 is 0. The van der Waals surface area contributed by atoms with Crippen LogP contribution in [0.15, 0.2) is 30.3 Å². The molecular formula is C17H25NO3. The van der Waals surface area contributed by atoms with Crippen molar-refractivity contribution < 1.29 is 14.6 Å². The quantitative estimate of drug-likeness (QED) is 0.808. The third kappa shape index (κ3) is 5.48. The second-order valence-corrected chi connectivity index (χ2v) is 5.82. The molecule has 4 heteroatoms. The molecule has 3 unspecified atom stereocenters. The Bertz CT molecular complexity index is 435. The molecule has 4 nitrogen and oxygen atoms in total. The number of benzene rings is 1. The Kier molecular flexibility index (Phi) is 6.21. The highest BCUT2D eigenvalue weighted by atomic mass is 16.5. The predicted molar refractivity (Wildman–Crippen MR) is 82.0 cm³/mol. The first-order valence-corrected chi connectivity index (χ1v) is 7.77. The Balaban J connectivity index is 1.72. The standard InChI is InChI=1S/C17H25NO3/c1-13-7-8-16(21-13)9-10-17(20)18-15(12-19)11-14-5-3-2-4-6-14/h2-6,13,15-16,19H,7-12H2,1H3,(H,18,20). The lowest BCUT2D eigenvalue weighted by atomic mass is 10.1. The Hall–Kier alpha value is -1.39. The van der Waals surface area contributed by atoms with E-state index >= 15 is 0 Å².